The van der Waals surface area contributed by atoms with Gasteiger partial charge in [0.15, 0.2) is 11.7 Å². The van der Waals surface area contributed by atoms with E-state index in [-0.39, 0.29) is 5.54 Å². The van der Waals surface area contributed by atoms with Crippen molar-refractivity contribution in [1.82, 2.24) is 20.1 Å². The fourth-order valence-corrected chi connectivity index (χ4v) is 2.17. The molecular formula is C16H26N4O. The quantitative estimate of drug-likeness (QED) is 0.888. The van der Waals surface area contributed by atoms with E-state index < -0.39 is 0 Å². The molecule has 116 valence electrons. The van der Waals surface area contributed by atoms with E-state index in [1.807, 2.05) is 4.68 Å². The number of aromatic nitrogens is 3. The van der Waals surface area contributed by atoms with Gasteiger partial charge in [-0.1, -0.05) is 6.92 Å². The van der Waals surface area contributed by atoms with Gasteiger partial charge in [-0.15, -0.1) is 0 Å². The van der Waals surface area contributed by atoms with Gasteiger partial charge in [-0.05, 0) is 40.2 Å². The van der Waals surface area contributed by atoms with Crippen molar-refractivity contribution in [2.75, 3.05) is 6.54 Å². The van der Waals surface area contributed by atoms with Crippen molar-refractivity contribution < 1.29 is 4.42 Å². The first-order chi connectivity index (χ1) is 9.93. The van der Waals surface area contributed by atoms with Crippen LogP contribution in [0.1, 0.15) is 46.2 Å². The Balaban J connectivity index is 2.07. The molecule has 0 aliphatic rings. The largest absolute Gasteiger partial charge is 0.439 e. The predicted octanol–water partition coefficient (Wildman–Crippen LogP) is 3.05. The summed E-state index contributed by atoms with van der Waals surface area (Å²) < 4.78 is 7.84. The minimum absolute atomic E-state index is 0.117. The van der Waals surface area contributed by atoms with Crippen molar-refractivity contribution in [3.63, 3.8) is 0 Å². The molecule has 0 unspecified atom stereocenters. The Bertz CT molecular complexity index is 577. The summed E-state index contributed by atoms with van der Waals surface area (Å²) in [4.78, 5) is 4.37. The monoisotopic (exact) mass is 290 g/mol. The third-order valence-electron chi connectivity index (χ3n) is 3.29. The minimum Gasteiger partial charge on any atom is -0.439 e. The van der Waals surface area contributed by atoms with E-state index in [1.54, 1.807) is 6.20 Å². The molecule has 21 heavy (non-hydrogen) atoms. The average Bonchev–Trinajstić information content (AvgIpc) is 3.02. The highest BCUT2D eigenvalue weighted by atomic mass is 16.4. The van der Waals surface area contributed by atoms with E-state index in [4.69, 9.17) is 4.42 Å². The highest BCUT2D eigenvalue weighted by Crippen LogP contribution is 2.22. The second kappa shape index (κ2) is 6.43. The van der Waals surface area contributed by atoms with E-state index in [9.17, 15) is 0 Å². The molecule has 0 spiro atoms. The van der Waals surface area contributed by atoms with Gasteiger partial charge in [0.2, 0.25) is 0 Å². The summed E-state index contributed by atoms with van der Waals surface area (Å²) in [5, 5.41) is 7.98. The van der Waals surface area contributed by atoms with Crippen LogP contribution in [0.25, 0.3) is 11.5 Å². The molecule has 2 rings (SSSR count). The average molecular weight is 290 g/mol. The molecule has 1 N–H and O–H groups in total. The third kappa shape index (κ3) is 4.17. The first-order valence-corrected chi connectivity index (χ1v) is 7.69. The zero-order chi connectivity index (χ0) is 15.5. The summed E-state index contributed by atoms with van der Waals surface area (Å²) in [7, 11) is 0. The summed E-state index contributed by atoms with van der Waals surface area (Å²) in [6.07, 6.45) is 3.52. The fourth-order valence-electron chi connectivity index (χ4n) is 2.17. The normalized spacial score (nSPS) is 12.0. The molecule has 2 heterocycles. The molecule has 0 aromatic carbocycles. The SMILES string of the molecule is CCc1cc(-c2cnc(CCNC(C)(C)C)o2)n(CC)n1. The number of oxazole rings is 1. The maximum Gasteiger partial charge on any atom is 0.196 e. The number of nitrogens with zero attached hydrogens (tertiary/aromatic N) is 3. The van der Waals surface area contributed by atoms with Crippen molar-refractivity contribution in [3.05, 3.63) is 23.8 Å². The number of aryl methyl sites for hydroxylation is 2. The lowest BCUT2D eigenvalue weighted by Gasteiger charge is -2.19. The zero-order valence-corrected chi connectivity index (χ0v) is 13.7. The van der Waals surface area contributed by atoms with Crippen LogP contribution in [0.3, 0.4) is 0 Å². The Hall–Kier alpha value is -1.62. The first-order valence-electron chi connectivity index (χ1n) is 7.69. The summed E-state index contributed by atoms with van der Waals surface area (Å²) >= 11 is 0. The molecule has 2 aromatic heterocycles. The van der Waals surface area contributed by atoms with E-state index in [1.165, 1.54) is 0 Å². The van der Waals surface area contributed by atoms with Gasteiger partial charge in [0.25, 0.3) is 0 Å². The van der Waals surface area contributed by atoms with Crippen LogP contribution in [0, 0.1) is 0 Å². The summed E-state index contributed by atoms with van der Waals surface area (Å²) in [6.45, 7) is 12.3. The molecule has 0 fully saturated rings. The number of nitrogens with one attached hydrogen (secondary N) is 1. The predicted molar refractivity (Wildman–Crippen MR) is 84.2 cm³/mol. The maximum absolute atomic E-state index is 5.87. The second-order valence-corrected chi connectivity index (χ2v) is 6.24. The first kappa shape index (κ1) is 15.8. The van der Waals surface area contributed by atoms with Crippen LogP contribution < -0.4 is 5.32 Å². The molecule has 5 heteroatoms. The maximum atomic E-state index is 5.87. The topological polar surface area (TPSA) is 55.9 Å². The number of hydrogen-bond donors (Lipinski definition) is 1. The Morgan fingerprint density at radius 3 is 2.67 bits per heavy atom. The molecule has 0 radical (unpaired) electrons. The highest BCUT2D eigenvalue weighted by Gasteiger charge is 2.14. The van der Waals surface area contributed by atoms with Gasteiger partial charge < -0.3 is 9.73 Å². The van der Waals surface area contributed by atoms with Crippen LogP contribution in [-0.2, 0) is 19.4 Å². The Kier molecular flexibility index (Phi) is 4.83. The van der Waals surface area contributed by atoms with Gasteiger partial charge in [0.05, 0.1) is 11.9 Å². The summed E-state index contributed by atoms with van der Waals surface area (Å²) in [6, 6.07) is 2.08. The summed E-state index contributed by atoms with van der Waals surface area (Å²) in [5.74, 6) is 1.57. The lowest BCUT2D eigenvalue weighted by molar-refractivity contribution is 0.411. The zero-order valence-electron chi connectivity index (χ0n) is 13.7. The van der Waals surface area contributed by atoms with Crippen molar-refractivity contribution in [1.29, 1.82) is 0 Å². The van der Waals surface area contributed by atoms with E-state index in [0.717, 1.165) is 49.0 Å². The van der Waals surface area contributed by atoms with Crippen LogP contribution in [0.2, 0.25) is 0 Å². The number of hydrogen-bond acceptors (Lipinski definition) is 4. The molecule has 0 saturated heterocycles. The summed E-state index contributed by atoms with van der Waals surface area (Å²) in [5.41, 5.74) is 2.21. The van der Waals surface area contributed by atoms with Crippen LogP contribution in [0.4, 0.5) is 0 Å². The van der Waals surface area contributed by atoms with E-state index in [2.05, 4.69) is 56.1 Å². The van der Waals surface area contributed by atoms with Crippen LogP contribution in [0.15, 0.2) is 16.7 Å². The van der Waals surface area contributed by atoms with E-state index >= 15 is 0 Å². The molecule has 0 bridgehead atoms. The lowest BCUT2D eigenvalue weighted by Crippen LogP contribution is -2.37. The van der Waals surface area contributed by atoms with Gasteiger partial charge in [-0.3, -0.25) is 4.68 Å². The number of rotatable bonds is 6. The standard InChI is InChI=1S/C16H26N4O/c1-6-12-10-13(20(7-2)19-12)14-11-17-15(21-14)8-9-18-16(3,4)5/h10-11,18H,6-9H2,1-5H3. The van der Waals surface area contributed by atoms with Gasteiger partial charge in [0, 0.05) is 25.0 Å². The van der Waals surface area contributed by atoms with Crippen molar-refractivity contribution >= 4 is 0 Å². The Labute approximate surface area is 126 Å². The smallest absolute Gasteiger partial charge is 0.196 e. The van der Waals surface area contributed by atoms with Crippen molar-refractivity contribution in [3.8, 4) is 11.5 Å². The molecule has 0 atom stereocenters. The van der Waals surface area contributed by atoms with Crippen LogP contribution in [0.5, 0.6) is 0 Å². The Morgan fingerprint density at radius 1 is 1.29 bits per heavy atom. The highest BCUT2D eigenvalue weighted by molar-refractivity contribution is 5.52. The second-order valence-electron chi connectivity index (χ2n) is 6.24. The molecular weight excluding hydrogens is 264 g/mol. The van der Waals surface area contributed by atoms with Crippen LogP contribution >= 0.6 is 0 Å². The van der Waals surface area contributed by atoms with Gasteiger partial charge in [-0.2, -0.15) is 5.10 Å². The van der Waals surface area contributed by atoms with Gasteiger partial charge in [0.1, 0.15) is 5.69 Å². The Morgan fingerprint density at radius 2 is 2.05 bits per heavy atom. The van der Waals surface area contributed by atoms with E-state index in [0.29, 0.717) is 0 Å². The molecule has 5 nitrogen and oxygen atoms in total. The van der Waals surface area contributed by atoms with Crippen molar-refractivity contribution in [2.24, 2.45) is 0 Å². The molecule has 0 amide bonds. The molecule has 2 aromatic rings. The lowest BCUT2D eigenvalue weighted by atomic mass is 10.1. The van der Waals surface area contributed by atoms with Crippen molar-refractivity contribution in [2.45, 2.75) is 59.5 Å². The molecule has 0 aliphatic heterocycles. The van der Waals surface area contributed by atoms with Crippen LogP contribution in [-0.4, -0.2) is 26.8 Å². The molecule has 0 saturated carbocycles. The van der Waals surface area contributed by atoms with Gasteiger partial charge >= 0.3 is 0 Å². The van der Waals surface area contributed by atoms with Gasteiger partial charge in [-0.25, -0.2) is 4.98 Å². The fraction of sp³-hybridized carbons (Fsp3) is 0.625. The minimum atomic E-state index is 0.117. The molecule has 0 aliphatic carbocycles. The third-order valence-corrected chi connectivity index (χ3v) is 3.29.